The van der Waals surface area contributed by atoms with Crippen LogP contribution in [-0.2, 0) is 9.53 Å². The molecule has 1 unspecified atom stereocenters. The Hall–Kier alpha value is -1.58. The lowest BCUT2D eigenvalue weighted by Gasteiger charge is -2.18. The summed E-state index contributed by atoms with van der Waals surface area (Å²) in [6, 6.07) is 4.23. The monoisotopic (exact) mass is 254 g/mol. The van der Waals surface area contributed by atoms with Crippen molar-refractivity contribution in [3.63, 3.8) is 0 Å². The first-order chi connectivity index (χ1) is 8.58. The van der Waals surface area contributed by atoms with Crippen LogP contribution in [0.1, 0.15) is 32.3 Å². The lowest BCUT2D eigenvalue weighted by Crippen LogP contribution is -2.29. The first kappa shape index (κ1) is 14.5. The minimum atomic E-state index is -0.626. The van der Waals surface area contributed by atoms with Crippen LogP contribution in [0.4, 0.5) is 4.39 Å². The molecule has 0 saturated carbocycles. The SMILES string of the molecule is CCCC(Oc1ccc(F)cc1C)C(=O)OCC. The van der Waals surface area contributed by atoms with Crippen LogP contribution in [0.3, 0.4) is 0 Å². The number of carbonyl (C=O) groups excluding carboxylic acids is 1. The summed E-state index contributed by atoms with van der Waals surface area (Å²) in [6.07, 6.45) is 0.762. The summed E-state index contributed by atoms with van der Waals surface area (Å²) in [4.78, 5) is 11.7. The van der Waals surface area contributed by atoms with Gasteiger partial charge in [0.2, 0.25) is 0 Å². The van der Waals surface area contributed by atoms with E-state index < -0.39 is 6.10 Å². The number of esters is 1. The van der Waals surface area contributed by atoms with E-state index in [1.165, 1.54) is 18.2 Å². The highest BCUT2D eigenvalue weighted by molar-refractivity contribution is 5.75. The highest BCUT2D eigenvalue weighted by Crippen LogP contribution is 2.21. The van der Waals surface area contributed by atoms with E-state index in [0.717, 1.165) is 6.42 Å². The van der Waals surface area contributed by atoms with Crippen LogP contribution >= 0.6 is 0 Å². The molecule has 0 fully saturated rings. The van der Waals surface area contributed by atoms with Gasteiger partial charge in [-0.1, -0.05) is 13.3 Å². The molecule has 100 valence electrons. The van der Waals surface area contributed by atoms with Gasteiger partial charge >= 0.3 is 5.97 Å². The Kier molecular flexibility index (Phi) is 5.62. The van der Waals surface area contributed by atoms with Crippen LogP contribution in [0.5, 0.6) is 5.75 Å². The number of ether oxygens (including phenoxy) is 2. The van der Waals surface area contributed by atoms with Crippen molar-refractivity contribution >= 4 is 5.97 Å². The Morgan fingerprint density at radius 1 is 1.39 bits per heavy atom. The van der Waals surface area contributed by atoms with Gasteiger partial charge in [-0.25, -0.2) is 9.18 Å². The molecule has 0 saturated heterocycles. The topological polar surface area (TPSA) is 35.5 Å². The average molecular weight is 254 g/mol. The Bertz CT molecular complexity index is 404. The third kappa shape index (κ3) is 4.02. The summed E-state index contributed by atoms with van der Waals surface area (Å²) in [5.74, 6) is -0.172. The average Bonchev–Trinajstić information content (AvgIpc) is 2.32. The number of benzene rings is 1. The van der Waals surface area contributed by atoms with Gasteiger partial charge in [-0.3, -0.25) is 0 Å². The summed E-state index contributed by atoms with van der Waals surface area (Å²) in [6.45, 7) is 5.79. The number of hydrogen-bond acceptors (Lipinski definition) is 3. The van der Waals surface area contributed by atoms with Gasteiger partial charge in [0.25, 0.3) is 0 Å². The van der Waals surface area contributed by atoms with Gasteiger partial charge in [0.15, 0.2) is 6.10 Å². The fourth-order valence-corrected chi connectivity index (χ4v) is 1.62. The number of halogens is 1. The van der Waals surface area contributed by atoms with Gasteiger partial charge in [-0.05, 0) is 44.0 Å². The first-order valence-corrected chi connectivity index (χ1v) is 6.17. The van der Waals surface area contributed by atoms with E-state index in [0.29, 0.717) is 24.3 Å². The molecule has 0 heterocycles. The second-order valence-electron chi connectivity index (χ2n) is 4.06. The number of hydrogen-bond donors (Lipinski definition) is 0. The summed E-state index contributed by atoms with van der Waals surface area (Å²) in [7, 11) is 0. The molecule has 0 radical (unpaired) electrons. The third-order valence-corrected chi connectivity index (χ3v) is 2.51. The van der Waals surface area contributed by atoms with Crippen LogP contribution in [-0.4, -0.2) is 18.7 Å². The van der Waals surface area contributed by atoms with E-state index in [1.54, 1.807) is 13.8 Å². The molecular formula is C14H19FO3. The summed E-state index contributed by atoms with van der Waals surface area (Å²) in [5.41, 5.74) is 0.667. The maximum Gasteiger partial charge on any atom is 0.347 e. The fourth-order valence-electron chi connectivity index (χ4n) is 1.62. The Labute approximate surface area is 107 Å². The van der Waals surface area contributed by atoms with E-state index in [-0.39, 0.29) is 11.8 Å². The normalized spacial score (nSPS) is 12.0. The van der Waals surface area contributed by atoms with Crippen molar-refractivity contribution in [2.24, 2.45) is 0 Å². The molecule has 0 spiro atoms. The molecule has 0 bridgehead atoms. The maximum atomic E-state index is 13.0. The van der Waals surface area contributed by atoms with Crippen molar-refractivity contribution in [3.05, 3.63) is 29.6 Å². The van der Waals surface area contributed by atoms with Crippen LogP contribution < -0.4 is 4.74 Å². The molecule has 1 atom stereocenters. The first-order valence-electron chi connectivity index (χ1n) is 6.17. The van der Waals surface area contributed by atoms with Gasteiger partial charge in [0.05, 0.1) is 6.61 Å². The molecule has 0 aliphatic heterocycles. The molecule has 1 aromatic carbocycles. The third-order valence-electron chi connectivity index (χ3n) is 2.51. The molecule has 1 rings (SSSR count). The van der Waals surface area contributed by atoms with Gasteiger partial charge in [0, 0.05) is 0 Å². The van der Waals surface area contributed by atoms with Crippen molar-refractivity contribution in [2.75, 3.05) is 6.61 Å². The zero-order valence-corrected chi connectivity index (χ0v) is 11.0. The number of carbonyl (C=O) groups is 1. The van der Waals surface area contributed by atoms with E-state index in [2.05, 4.69) is 0 Å². The minimum absolute atomic E-state index is 0.317. The van der Waals surface area contributed by atoms with Crippen molar-refractivity contribution in [1.82, 2.24) is 0 Å². The second kappa shape index (κ2) is 6.99. The Morgan fingerprint density at radius 2 is 2.11 bits per heavy atom. The minimum Gasteiger partial charge on any atom is -0.478 e. The van der Waals surface area contributed by atoms with E-state index in [9.17, 15) is 9.18 Å². The molecule has 1 aromatic rings. The molecule has 0 N–H and O–H groups in total. The molecular weight excluding hydrogens is 235 g/mol. The summed E-state index contributed by atoms with van der Waals surface area (Å²) >= 11 is 0. The predicted molar refractivity (Wildman–Crippen MR) is 67.1 cm³/mol. The molecule has 3 nitrogen and oxygen atoms in total. The summed E-state index contributed by atoms with van der Waals surface area (Å²) in [5, 5.41) is 0. The van der Waals surface area contributed by atoms with E-state index in [1.807, 2.05) is 6.92 Å². The zero-order valence-electron chi connectivity index (χ0n) is 11.0. The van der Waals surface area contributed by atoms with Crippen molar-refractivity contribution in [2.45, 2.75) is 39.7 Å². The van der Waals surface area contributed by atoms with Crippen molar-refractivity contribution < 1.29 is 18.7 Å². The smallest absolute Gasteiger partial charge is 0.347 e. The second-order valence-corrected chi connectivity index (χ2v) is 4.06. The zero-order chi connectivity index (χ0) is 13.5. The van der Waals surface area contributed by atoms with E-state index >= 15 is 0 Å². The number of aryl methyl sites for hydroxylation is 1. The molecule has 4 heteroatoms. The number of rotatable bonds is 6. The van der Waals surface area contributed by atoms with E-state index in [4.69, 9.17) is 9.47 Å². The largest absolute Gasteiger partial charge is 0.478 e. The fraction of sp³-hybridized carbons (Fsp3) is 0.500. The van der Waals surface area contributed by atoms with Gasteiger partial charge in [-0.15, -0.1) is 0 Å². The molecule has 0 amide bonds. The lowest BCUT2D eigenvalue weighted by atomic mass is 10.2. The summed E-state index contributed by atoms with van der Waals surface area (Å²) < 4.78 is 23.5. The predicted octanol–water partition coefficient (Wildman–Crippen LogP) is 3.24. The van der Waals surface area contributed by atoms with Crippen LogP contribution in [0.15, 0.2) is 18.2 Å². The molecule has 0 aliphatic rings. The van der Waals surface area contributed by atoms with Crippen molar-refractivity contribution in [1.29, 1.82) is 0 Å². The van der Waals surface area contributed by atoms with Gasteiger partial charge in [0.1, 0.15) is 11.6 Å². The molecule has 18 heavy (non-hydrogen) atoms. The van der Waals surface area contributed by atoms with Crippen LogP contribution in [0.25, 0.3) is 0 Å². The van der Waals surface area contributed by atoms with Crippen LogP contribution in [0.2, 0.25) is 0 Å². The maximum absolute atomic E-state index is 13.0. The standard InChI is InChI=1S/C14H19FO3/c1-4-6-13(14(16)17-5-2)18-12-8-7-11(15)9-10(12)3/h7-9,13H,4-6H2,1-3H3. The lowest BCUT2D eigenvalue weighted by molar-refractivity contribution is -0.151. The Morgan fingerprint density at radius 3 is 2.67 bits per heavy atom. The van der Waals surface area contributed by atoms with Gasteiger partial charge < -0.3 is 9.47 Å². The molecule has 0 aliphatic carbocycles. The highest BCUT2D eigenvalue weighted by atomic mass is 19.1. The molecule has 0 aromatic heterocycles. The quantitative estimate of drug-likeness (QED) is 0.731. The Balaban J connectivity index is 2.79. The van der Waals surface area contributed by atoms with Crippen molar-refractivity contribution in [3.8, 4) is 5.75 Å². The van der Waals surface area contributed by atoms with Gasteiger partial charge in [-0.2, -0.15) is 0 Å². The highest BCUT2D eigenvalue weighted by Gasteiger charge is 2.21. The van der Waals surface area contributed by atoms with Crippen LogP contribution in [0, 0.1) is 12.7 Å².